The van der Waals surface area contributed by atoms with Gasteiger partial charge in [0.1, 0.15) is 0 Å². The number of pyridine rings is 1. The van der Waals surface area contributed by atoms with Gasteiger partial charge in [0, 0.05) is 42.2 Å². The number of imidazole rings is 1. The van der Waals surface area contributed by atoms with Crippen LogP contribution in [0.15, 0.2) is 128 Å². The Hall–Kier alpha value is -4.93. The van der Waals surface area contributed by atoms with Gasteiger partial charge in [-0.2, -0.15) is 11.3 Å². The summed E-state index contributed by atoms with van der Waals surface area (Å²) in [5, 5.41) is 4.72. The first-order valence-corrected chi connectivity index (χ1v) is 19.4. The first-order chi connectivity index (χ1) is 27.7. The van der Waals surface area contributed by atoms with E-state index in [0.29, 0.717) is 23.1 Å². The van der Waals surface area contributed by atoms with Crippen molar-refractivity contribution in [3.63, 3.8) is 0 Å². The minimum atomic E-state index is -2.31. The van der Waals surface area contributed by atoms with Crippen molar-refractivity contribution in [2.75, 3.05) is 0 Å². The average Bonchev–Trinajstić information content (AvgIpc) is 3.77. The van der Waals surface area contributed by atoms with Crippen LogP contribution in [0.25, 0.3) is 70.3 Å². The fourth-order valence-electron chi connectivity index (χ4n) is 7.36. The molecular weight excluding hydrogens is 867 g/mol. The van der Waals surface area contributed by atoms with Gasteiger partial charge in [0.2, 0.25) is 0 Å². The van der Waals surface area contributed by atoms with Crippen LogP contribution < -0.4 is 0 Å². The Morgan fingerprint density at radius 3 is 2.11 bits per heavy atom. The number of benzene rings is 6. The summed E-state index contributed by atoms with van der Waals surface area (Å²) in [6.07, 6.45) is 1.41. The fraction of sp³-hybridized carbons (Fsp3) is 0.200. The Labute approximate surface area is 348 Å². The number of fused-ring (bicyclic) bond motifs is 5. The summed E-state index contributed by atoms with van der Waals surface area (Å²) in [5.74, 6) is 0.736. The Balaban J connectivity index is 0.000000178. The third-order valence-corrected chi connectivity index (χ3v) is 11.3. The van der Waals surface area contributed by atoms with Gasteiger partial charge in [-0.15, -0.1) is 59.7 Å². The van der Waals surface area contributed by atoms with Crippen LogP contribution in [0.1, 0.15) is 87.0 Å². The number of thiophene rings is 1. The average molecular weight is 916 g/mol. The van der Waals surface area contributed by atoms with E-state index in [1.807, 2.05) is 36.4 Å². The predicted octanol–water partition coefficient (Wildman–Crippen LogP) is 14.2. The van der Waals surface area contributed by atoms with E-state index >= 15 is 0 Å². The second kappa shape index (κ2) is 16.0. The maximum absolute atomic E-state index is 8.50. The number of aryl methyl sites for hydroxylation is 1. The van der Waals surface area contributed by atoms with E-state index in [-0.39, 0.29) is 25.7 Å². The number of hydrogen-bond donors (Lipinski definition) is 0. The van der Waals surface area contributed by atoms with E-state index in [0.717, 1.165) is 38.1 Å². The monoisotopic (exact) mass is 916 g/mol. The van der Waals surface area contributed by atoms with Crippen LogP contribution >= 0.6 is 11.3 Å². The summed E-state index contributed by atoms with van der Waals surface area (Å²) >= 11 is 1.69. The van der Waals surface area contributed by atoms with Crippen molar-refractivity contribution in [2.24, 2.45) is 0 Å². The zero-order valence-corrected chi connectivity index (χ0v) is 35.1. The summed E-state index contributed by atoms with van der Waals surface area (Å²) in [7, 11) is 0. The molecule has 277 valence electrons. The van der Waals surface area contributed by atoms with E-state index in [2.05, 4.69) is 128 Å². The molecule has 3 aromatic heterocycles. The van der Waals surface area contributed by atoms with Gasteiger partial charge >= 0.3 is 0 Å². The minimum absolute atomic E-state index is 0. The number of aromatic nitrogens is 3. The number of rotatable bonds is 6. The second-order valence-electron chi connectivity index (χ2n) is 14.6. The van der Waals surface area contributed by atoms with Crippen LogP contribution in [0.3, 0.4) is 0 Å². The molecule has 3 heterocycles. The number of para-hydroxylation sites is 3. The Kier molecular flexibility index (Phi) is 9.75. The molecule has 55 heavy (non-hydrogen) atoms. The van der Waals surface area contributed by atoms with E-state index in [9.17, 15) is 0 Å². The molecule has 6 aromatic carbocycles. The Morgan fingerprint density at radius 2 is 1.42 bits per heavy atom. The SMILES string of the molecule is CC(C)c1cccc(C(C)C)c1-n1c(-c2[c-]cccc2)nc2ccccc21.[2H]C([2H])([2H])c1cnc(-c2[c-]ccc3c2sc2cc4ccccc4cc23)cc1C([2H])(C)C.[Ir]. The molecule has 0 aliphatic carbocycles. The Morgan fingerprint density at radius 1 is 0.709 bits per heavy atom. The summed E-state index contributed by atoms with van der Waals surface area (Å²) in [5.41, 5.74) is 9.21. The molecule has 0 aliphatic heterocycles. The smallest absolute Gasteiger partial charge is 0.0774 e. The molecule has 0 fully saturated rings. The molecule has 5 heteroatoms. The van der Waals surface area contributed by atoms with E-state index in [1.165, 1.54) is 43.9 Å². The van der Waals surface area contributed by atoms with Crippen LogP contribution in [0.4, 0.5) is 0 Å². The molecule has 0 saturated carbocycles. The van der Waals surface area contributed by atoms with Crippen molar-refractivity contribution in [3.05, 3.63) is 162 Å². The molecule has 9 rings (SSSR count). The van der Waals surface area contributed by atoms with Crippen LogP contribution in [-0.2, 0) is 20.1 Å². The van der Waals surface area contributed by atoms with E-state index in [1.54, 1.807) is 31.3 Å². The molecular formula is C50H45IrN3S-2. The zero-order valence-electron chi connectivity index (χ0n) is 35.9. The van der Waals surface area contributed by atoms with Crippen molar-refractivity contribution in [3.8, 4) is 28.3 Å². The van der Waals surface area contributed by atoms with Crippen LogP contribution in [0.2, 0.25) is 0 Å². The molecule has 0 saturated heterocycles. The van der Waals surface area contributed by atoms with Crippen molar-refractivity contribution in [1.82, 2.24) is 14.5 Å². The number of nitrogens with zero attached hydrogens (tertiary/aromatic N) is 3. The summed E-state index contributed by atoms with van der Waals surface area (Å²) in [4.78, 5) is 9.49. The van der Waals surface area contributed by atoms with E-state index in [4.69, 9.17) is 10.5 Å². The molecule has 1 radical (unpaired) electrons. The molecule has 0 N–H and O–H groups in total. The van der Waals surface area contributed by atoms with Crippen molar-refractivity contribution in [1.29, 1.82) is 0 Å². The third kappa shape index (κ3) is 7.30. The predicted molar refractivity (Wildman–Crippen MR) is 231 cm³/mol. The maximum atomic E-state index is 8.50. The quantitative estimate of drug-likeness (QED) is 0.156. The standard InChI is InChI=1S/C25H25N2.C25H20NS.Ir/c1-17(2)20-13-10-14-21(18(3)4)24(20)27-23-16-9-8-15-22(23)26-25(27)19-11-6-5-7-12-19;1-15(2)21-13-23(26-14-16(21)3)20-10-6-9-19-22-11-17-7-4-5-8-18(17)12-24(22)27-25(19)20;/h5-11,13-18H,1-4H3;4-9,11-15H,1-3H3;/q2*-1;/i;3D3,15D;. The molecule has 9 aromatic rings. The van der Waals surface area contributed by atoms with Gasteiger partial charge in [-0.05, 0) is 97.7 Å². The van der Waals surface area contributed by atoms with Gasteiger partial charge in [-0.3, -0.25) is 4.98 Å². The summed E-state index contributed by atoms with van der Waals surface area (Å²) in [6.45, 7) is 10.1. The molecule has 0 unspecified atom stereocenters. The molecule has 0 atom stereocenters. The van der Waals surface area contributed by atoms with Crippen molar-refractivity contribution in [2.45, 2.75) is 66.1 Å². The zero-order chi connectivity index (χ0) is 40.9. The van der Waals surface area contributed by atoms with Crippen LogP contribution in [-0.4, -0.2) is 14.5 Å². The van der Waals surface area contributed by atoms with Gasteiger partial charge in [0.05, 0.1) is 16.9 Å². The first-order valence-electron chi connectivity index (χ1n) is 20.6. The molecule has 0 spiro atoms. The van der Waals surface area contributed by atoms with Gasteiger partial charge < -0.3 is 9.55 Å². The summed E-state index contributed by atoms with van der Waals surface area (Å²) < 4.78 is 36.6. The van der Waals surface area contributed by atoms with Crippen molar-refractivity contribution >= 4 is 53.3 Å². The molecule has 3 nitrogen and oxygen atoms in total. The fourth-order valence-corrected chi connectivity index (χ4v) is 8.60. The molecule has 0 aliphatic rings. The molecule has 0 bridgehead atoms. The van der Waals surface area contributed by atoms with Gasteiger partial charge in [0.15, 0.2) is 0 Å². The maximum Gasteiger partial charge on any atom is 0.0774 e. The van der Waals surface area contributed by atoms with Crippen LogP contribution in [0.5, 0.6) is 0 Å². The topological polar surface area (TPSA) is 30.7 Å². The number of hydrogen-bond acceptors (Lipinski definition) is 3. The van der Waals surface area contributed by atoms with Gasteiger partial charge in [-0.25, -0.2) is 0 Å². The normalized spacial score (nSPS) is 13.0. The summed E-state index contributed by atoms with van der Waals surface area (Å²) in [6, 6.07) is 48.3. The van der Waals surface area contributed by atoms with E-state index < -0.39 is 12.7 Å². The van der Waals surface area contributed by atoms with Gasteiger partial charge in [-0.1, -0.05) is 108 Å². The van der Waals surface area contributed by atoms with Crippen LogP contribution in [0, 0.1) is 19.0 Å². The first kappa shape index (κ1) is 33.4. The minimum Gasteiger partial charge on any atom is -0.333 e. The van der Waals surface area contributed by atoms with Gasteiger partial charge in [0.25, 0.3) is 0 Å². The van der Waals surface area contributed by atoms with Crippen molar-refractivity contribution < 1.29 is 25.6 Å². The Bertz CT molecular complexity index is 2910. The molecule has 0 amide bonds. The second-order valence-corrected chi connectivity index (χ2v) is 15.7. The largest absolute Gasteiger partial charge is 0.333 e. The third-order valence-electron chi connectivity index (χ3n) is 10.1.